The molecular weight excluding hydrogens is 144 g/mol. The molecule has 10 heavy (non-hydrogen) atoms. The molecule has 0 N–H and O–H groups in total. The normalized spacial score (nSPS) is 11.1. The molecule has 0 amide bonds. The predicted molar refractivity (Wildman–Crippen MR) is 46.2 cm³/mol. The van der Waals surface area contributed by atoms with Gasteiger partial charge >= 0.3 is 0 Å². The zero-order valence-electron chi connectivity index (χ0n) is 7.22. The van der Waals surface area contributed by atoms with Crippen LogP contribution in [0.2, 0.25) is 0 Å². The second-order valence-electron chi connectivity index (χ2n) is 2.31. The Morgan fingerprint density at radius 2 is 1.50 bits per heavy atom. The van der Waals surface area contributed by atoms with Gasteiger partial charge in [-0.1, -0.05) is 13.8 Å². The van der Waals surface area contributed by atoms with Crippen molar-refractivity contribution in [2.45, 2.75) is 32.6 Å². The number of ether oxygens (including phenoxy) is 2. The summed E-state index contributed by atoms with van der Waals surface area (Å²) in [6.07, 6.45) is 2.16. The van der Waals surface area contributed by atoms with E-state index in [4.69, 9.17) is 9.47 Å². The highest BCUT2D eigenvalue weighted by molar-refractivity contribution is 6.10. The molecule has 0 saturated heterocycles. The van der Waals surface area contributed by atoms with Crippen LogP contribution in [0.5, 0.6) is 0 Å². The molecule has 0 unspecified atom stereocenters. The fourth-order valence-electron chi connectivity index (χ4n) is 0.616. The summed E-state index contributed by atoms with van der Waals surface area (Å²) in [4.78, 5) is 0. The molecule has 0 saturated carbocycles. The molecular formula is C7H18O2Si. The van der Waals surface area contributed by atoms with Crippen LogP contribution in [0, 0.1) is 0 Å². The largest absolute Gasteiger partial charge is 0.357 e. The molecule has 2 nitrogen and oxygen atoms in total. The van der Waals surface area contributed by atoms with Crippen LogP contribution in [0.25, 0.3) is 0 Å². The van der Waals surface area contributed by atoms with Gasteiger partial charge in [-0.25, -0.2) is 0 Å². The standard InChI is InChI=1S/C7H18O2Si/c1-3-5-8-7(10)9-6-4-2/h7H,3-6H2,1-2,10H3. The van der Waals surface area contributed by atoms with Gasteiger partial charge in [0.1, 0.15) is 5.91 Å². The third-order valence-corrected chi connectivity index (χ3v) is 1.78. The van der Waals surface area contributed by atoms with E-state index < -0.39 is 0 Å². The Kier molecular flexibility index (Phi) is 7.35. The maximum absolute atomic E-state index is 5.33. The summed E-state index contributed by atoms with van der Waals surface area (Å²) < 4.78 is 10.7. The zero-order valence-corrected chi connectivity index (χ0v) is 9.22. The summed E-state index contributed by atoms with van der Waals surface area (Å²) in [5, 5.41) is 0. The van der Waals surface area contributed by atoms with Gasteiger partial charge in [0.05, 0.1) is 10.2 Å². The Bertz CT molecular complexity index is 60.6. The van der Waals surface area contributed by atoms with Crippen molar-refractivity contribution < 1.29 is 9.47 Å². The lowest BCUT2D eigenvalue weighted by Crippen LogP contribution is -2.17. The Hall–Kier alpha value is 0.137. The highest BCUT2D eigenvalue weighted by Gasteiger charge is 1.97. The van der Waals surface area contributed by atoms with Crippen molar-refractivity contribution in [1.82, 2.24) is 0 Å². The van der Waals surface area contributed by atoms with Crippen LogP contribution in [-0.4, -0.2) is 29.4 Å². The fraction of sp³-hybridized carbons (Fsp3) is 1.00. The van der Waals surface area contributed by atoms with Gasteiger partial charge in [-0.15, -0.1) is 0 Å². The van der Waals surface area contributed by atoms with E-state index in [1.807, 2.05) is 0 Å². The molecule has 0 aromatic carbocycles. The van der Waals surface area contributed by atoms with E-state index in [-0.39, 0.29) is 5.91 Å². The Morgan fingerprint density at radius 1 is 1.10 bits per heavy atom. The van der Waals surface area contributed by atoms with Crippen LogP contribution < -0.4 is 0 Å². The van der Waals surface area contributed by atoms with Crippen molar-refractivity contribution in [3.05, 3.63) is 0 Å². The molecule has 0 fully saturated rings. The van der Waals surface area contributed by atoms with Gasteiger partial charge < -0.3 is 9.47 Å². The summed E-state index contributed by atoms with van der Waals surface area (Å²) >= 11 is 0. The fourth-order valence-corrected chi connectivity index (χ4v) is 1.09. The van der Waals surface area contributed by atoms with Gasteiger partial charge in [0.25, 0.3) is 0 Å². The lowest BCUT2D eigenvalue weighted by molar-refractivity contribution is -0.0878. The Balaban J connectivity index is 3.00. The first kappa shape index (κ1) is 10.1. The van der Waals surface area contributed by atoms with Gasteiger partial charge in [-0.2, -0.15) is 0 Å². The molecule has 0 aliphatic heterocycles. The first-order valence-electron chi connectivity index (χ1n) is 4.04. The smallest absolute Gasteiger partial charge is 0.131 e. The third-order valence-electron chi connectivity index (χ3n) is 1.11. The molecule has 3 heteroatoms. The number of hydrogen-bond donors (Lipinski definition) is 0. The second kappa shape index (κ2) is 7.25. The minimum absolute atomic E-state index is 0.111. The predicted octanol–water partition coefficient (Wildman–Crippen LogP) is 0.489. The highest BCUT2D eigenvalue weighted by Crippen LogP contribution is 1.91. The first-order chi connectivity index (χ1) is 4.81. The van der Waals surface area contributed by atoms with Crippen molar-refractivity contribution in [2.75, 3.05) is 13.2 Å². The number of hydrogen-bond acceptors (Lipinski definition) is 2. The molecule has 0 heterocycles. The first-order valence-corrected chi connectivity index (χ1v) is 5.20. The van der Waals surface area contributed by atoms with Gasteiger partial charge in [-0.3, -0.25) is 0 Å². The van der Waals surface area contributed by atoms with Crippen molar-refractivity contribution in [2.24, 2.45) is 0 Å². The van der Waals surface area contributed by atoms with E-state index >= 15 is 0 Å². The maximum Gasteiger partial charge on any atom is 0.131 e. The van der Waals surface area contributed by atoms with Crippen LogP contribution in [0.3, 0.4) is 0 Å². The molecule has 0 radical (unpaired) electrons. The molecule has 0 aromatic heterocycles. The second-order valence-corrected chi connectivity index (χ2v) is 3.25. The lowest BCUT2D eigenvalue weighted by Gasteiger charge is -2.12. The van der Waals surface area contributed by atoms with Crippen LogP contribution in [0.1, 0.15) is 26.7 Å². The van der Waals surface area contributed by atoms with Gasteiger partial charge in [0.15, 0.2) is 0 Å². The van der Waals surface area contributed by atoms with E-state index in [9.17, 15) is 0 Å². The molecule has 0 spiro atoms. The maximum atomic E-state index is 5.33. The van der Waals surface area contributed by atoms with Crippen molar-refractivity contribution in [3.8, 4) is 0 Å². The minimum Gasteiger partial charge on any atom is -0.357 e. The quantitative estimate of drug-likeness (QED) is 0.418. The van der Waals surface area contributed by atoms with Crippen LogP contribution in [0.4, 0.5) is 0 Å². The van der Waals surface area contributed by atoms with E-state index in [2.05, 4.69) is 13.8 Å². The van der Waals surface area contributed by atoms with E-state index in [1.54, 1.807) is 0 Å². The lowest BCUT2D eigenvalue weighted by atomic mass is 10.5. The van der Waals surface area contributed by atoms with E-state index in [0.717, 1.165) is 36.3 Å². The molecule has 0 aromatic rings. The Morgan fingerprint density at radius 3 is 1.80 bits per heavy atom. The van der Waals surface area contributed by atoms with Gasteiger partial charge in [0, 0.05) is 13.2 Å². The summed E-state index contributed by atoms with van der Waals surface area (Å²) in [5.41, 5.74) is 0. The molecule has 0 aliphatic rings. The zero-order chi connectivity index (χ0) is 7.82. The molecule has 0 atom stereocenters. The van der Waals surface area contributed by atoms with Crippen molar-refractivity contribution in [1.29, 1.82) is 0 Å². The average Bonchev–Trinajstić information content (AvgIpc) is 1.97. The molecule has 0 rings (SSSR count). The number of rotatable bonds is 6. The molecule has 0 bridgehead atoms. The summed E-state index contributed by atoms with van der Waals surface area (Å²) in [5.74, 6) is 0.111. The highest BCUT2D eigenvalue weighted by atomic mass is 28.1. The van der Waals surface area contributed by atoms with Crippen LogP contribution in [-0.2, 0) is 9.47 Å². The summed E-state index contributed by atoms with van der Waals surface area (Å²) in [7, 11) is 0.973. The minimum atomic E-state index is 0.111. The topological polar surface area (TPSA) is 18.5 Å². The summed E-state index contributed by atoms with van der Waals surface area (Å²) in [6.45, 7) is 5.87. The van der Waals surface area contributed by atoms with Crippen molar-refractivity contribution in [3.63, 3.8) is 0 Å². The van der Waals surface area contributed by atoms with Crippen LogP contribution >= 0.6 is 0 Å². The monoisotopic (exact) mass is 162 g/mol. The van der Waals surface area contributed by atoms with Crippen molar-refractivity contribution >= 4 is 10.2 Å². The van der Waals surface area contributed by atoms with E-state index in [1.165, 1.54) is 0 Å². The molecule has 0 aliphatic carbocycles. The van der Waals surface area contributed by atoms with E-state index in [0.29, 0.717) is 0 Å². The summed E-state index contributed by atoms with van der Waals surface area (Å²) in [6, 6.07) is 0. The van der Waals surface area contributed by atoms with Gasteiger partial charge in [-0.05, 0) is 12.8 Å². The molecule has 62 valence electrons. The average molecular weight is 162 g/mol. The van der Waals surface area contributed by atoms with Gasteiger partial charge in [0.2, 0.25) is 0 Å². The van der Waals surface area contributed by atoms with Crippen LogP contribution in [0.15, 0.2) is 0 Å². The Labute approximate surface area is 66.3 Å². The SMILES string of the molecule is CCCOC([SiH3])OCCC. The third kappa shape index (κ3) is 6.26.